The maximum atomic E-state index is 11.0. The first-order chi connectivity index (χ1) is 8.09. The van der Waals surface area contributed by atoms with E-state index in [0.29, 0.717) is 16.8 Å². The second-order valence-electron chi connectivity index (χ2n) is 4.31. The van der Waals surface area contributed by atoms with E-state index in [1.54, 1.807) is 12.1 Å². The molecule has 1 fully saturated rings. The Kier molecular flexibility index (Phi) is 3.49. The summed E-state index contributed by atoms with van der Waals surface area (Å²) < 4.78 is 0. The number of benzene rings is 1. The van der Waals surface area contributed by atoms with Gasteiger partial charge in [-0.25, -0.2) is 0 Å². The van der Waals surface area contributed by atoms with E-state index in [-0.39, 0.29) is 10.6 Å². The number of nitro benzene ring substituents is 1. The molecule has 1 aromatic rings. The topological polar surface area (TPSA) is 63.0 Å². The summed E-state index contributed by atoms with van der Waals surface area (Å²) in [5, 5.41) is 13.7. The lowest BCUT2D eigenvalue weighted by Gasteiger charge is -2.31. The number of anilines is 1. The molecule has 0 spiro atoms. The molecular weight excluding hydrogens is 242 g/mol. The highest BCUT2D eigenvalue weighted by molar-refractivity contribution is 6.33. The van der Waals surface area contributed by atoms with Crippen molar-refractivity contribution >= 4 is 23.0 Å². The predicted octanol–water partition coefficient (Wildman–Crippen LogP) is 1.02. The monoisotopic (exact) mass is 256 g/mol. The minimum absolute atomic E-state index is 0.0894. The molecule has 0 saturated carbocycles. The zero-order valence-corrected chi connectivity index (χ0v) is 10.4. The second-order valence-corrected chi connectivity index (χ2v) is 4.72. The van der Waals surface area contributed by atoms with E-state index >= 15 is 0 Å². The van der Waals surface area contributed by atoms with Crippen LogP contribution in [-0.4, -0.2) is 30.6 Å². The van der Waals surface area contributed by atoms with E-state index in [1.165, 1.54) is 6.07 Å². The molecule has 2 rings (SSSR count). The van der Waals surface area contributed by atoms with Crippen LogP contribution in [0.3, 0.4) is 0 Å². The van der Waals surface area contributed by atoms with Gasteiger partial charge in [0.1, 0.15) is 11.7 Å². The molecule has 1 aliphatic heterocycles. The van der Waals surface area contributed by atoms with Gasteiger partial charge in [0.25, 0.3) is 5.69 Å². The van der Waals surface area contributed by atoms with Crippen molar-refractivity contribution in [2.75, 3.05) is 24.5 Å². The van der Waals surface area contributed by atoms with Crippen molar-refractivity contribution in [3.63, 3.8) is 0 Å². The van der Waals surface area contributed by atoms with Crippen molar-refractivity contribution in [2.24, 2.45) is 0 Å². The van der Waals surface area contributed by atoms with Gasteiger partial charge < -0.3 is 10.2 Å². The van der Waals surface area contributed by atoms with Gasteiger partial charge in [0.05, 0.1) is 29.6 Å². The SMILES string of the molecule is C[C@@H]1CN(c2c(Cl)cccc2[N+](=O)[O-])CC[NH2+]1. The Balaban J connectivity index is 2.39. The van der Waals surface area contributed by atoms with Crippen LogP contribution in [0, 0.1) is 10.1 Å². The minimum Gasteiger partial charge on any atom is -0.353 e. The molecule has 0 aromatic heterocycles. The number of para-hydroxylation sites is 1. The molecule has 1 saturated heterocycles. The summed E-state index contributed by atoms with van der Waals surface area (Å²) in [4.78, 5) is 12.6. The van der Waals surface area contributed by atoms with Gasteiger partial charge in [0, 0.05) is 6.07 Å². The minimum atomic E-state index is -0.371. The summed E-state index contributed by atoms with van der Waals surface area (Å²) in [6, 6.07) is 5.25. The van der Waals surface area contributed by atoms with Crippen molar-refractivity contribution < 1.29 is 10.2 Å². The lowest BCUT2D eigenvalue weighted by Crippen LogP contribution is -2.94. The summed E-state index contributed by atoms with van der Waals surface area (Å²) in [6.45, 7) is 4.61. The van der Waals surface area contributed by atoms with Crippen molar-refractivity contribution in [2.45, 2.75) is 13.0 Å². The van der Waals surface area contributed by atoms with Gasteiger partial charge in [0.15, 0.2) is 0 Å². The van der Waals surface area contributed by atoms with Crippen LogP contribution in [0.2, 0.25) is 5.02 Å². The summed E-state index contributed by atoms with van der Waals surface area (Å²) in [6.07, 6.45) is 0. The normalized spacial score (nSPS) is 20.4. The standard InChI is InChI=1S/C11H14ClN3O2/c1-8-7-14(6-5-13-8)11-9(12)3-2-4-10(11)15(16)17/h2-4,8,13H,5-7H2,1H3/p+1/t8-/m1/s1. The quantitative estimate of drug-likeness (QED) is 0.635. The number of halogens is 1. The van der Waals surface area contributed by atoms with Crippen LogP contribution in [0.5, 0.6) is 0 Å². The van der Waals surface area contributed by atoms with Gasteiger partial charge in [-0.1, -0.05) is 17.7 Å². The number of piperazine rings is 1. The molecule has 0 bridgehead atoms. The zero-order valence-electron chi connectivity index (χ0n) is 9.60. The molecule has 1 aromatic carbocycles. The Morgan fingerprint density at radius 3 is 3.00 bits per heavy atom. The fourth-order valence-corrected chi connectivity index (χ4v) is 2.48. The van der Waals surface area contributed by atoms with E-state index in [0.717, 1.165) is 19.6 Å². The third-order valence-electron chi connectivity index (χ3n) is 2.95. The lowest BCUT2D eigenvalue weighted by molar-refractivity contribution is -0.687. The first-order valence-corrected chi connectivity index (χ1v) is 5.98. The fourth-order valence-electron chi connectivity index (χ4n) is 2.20. The number of hydrogen-bond acceptors (Lipinski definition) is 3. The highest BCUT2D eigenvalue weighted by Gasteiger charge is 2.27. The Labute approximate surface area is 105 Å². The Morgan fingerprint density at radius 1 is 1.59 bits per heavy atom. The number of nitro groups is 1. The maximum Gasteiger partial charge on any atom is 0.294 e. The van der Waals surface area contributed by atoms with Gasteiger partial charge in [-0.2, -0.15) is 0 Å². The van der Waals surface area contributed by atoms with Crippen molar-refractivity contribution in [3.05, 3.63) is 33.3 Å². The molecular formula is C11H15ClN3O2+. The van der Waals surface area contributed by atoms with E-state index in [4.69, 9.17) is 11.6 Å². The van der Waals surface area contributed by atoms with Gasteiger partial charge in [-0.15, -0.1) is 0 Å². The van der Waals surface area contributed by atoms with Crippen molar-refractivity contribution in [1.82, 2.24) is 0 Å². The van der Waals surface area contributed by atoms with Crippen LogP contribution in [0.15, 0.2) is 18.2 Å². The van der Waals surface area contributed by atoms with E-state index in [9.17, 15) is 10.1 Å². The van der Waals surface area contributed by atoms with Crippen LogP contribution in [-0.2, 0) is 0 Å². The largest absolute Gasteiger partial charge is 0.353 e. The van der Waals surface area contributed by atoms with Crippen molar-refractivity contribution in [1.29, 1.82) is 0 Å². The van der Waals surface area contributed by atoms with Crippen LogP contribution >= 0.6 is 11.6 Å². The van der Waals surface area contributed by atoms with Crippen LogP contribution < -0.4 is 10.2 Å². The number of nitrogens with zero attached hydrogens (tertiary/aromatic N) is 2. The Hall–Kier alpha value is -1.33. The zero-order chi connectivity index (χ0) is 12.4. The third-order valence-corrected chi connectivity index (χ3v) is 3.26. The molecule has 0 radical (unpaired) electrons. The lowest BCUT2D eigenvalue weighted by atomic mass is 10.2. The molecule has 1 atom stereocenters. The highest BCUT2D eigenvalue weighted by atomic mass is 35.5. The van der Waals surface area contributed by atoms with Gasteiger partial charge in [-0.3, -0.25) is 10.1 Å². The molecule has 5 nitrogen and oxygen atoms in total. The molecule has 17 heavy (non-hydrogen) atoms. The fraction of sp³-hybridized carbons (Fsp3) is 0.455. The van der Waals surface area contributed by atoms with E-state index in [2.05, 4.69) is 12.2 Å². The predicted molar refractivity (Wildman–Crippen MR) is 66.6 cm³/mol. The number of hydrogen-bond donors (Lipinski definition) is 1. The smallest absolute Gasteiger partial charge is 0.294 e. The molecule has 1 aliphatic rings. The third kappa shape index (κ3) is 2.50. The van der Waals surface area contributed by atoms with Crippen LogP contribution in [0.1, 0.15) is 6.92 Å². The van der Waals surface area contributed by atoms with Crippen LogP contribution in [0.4, 0.5) is 11.4 Å². The number of rotatable bonds is 2. The average molecular weight is 257 g/mol. The number of nitrogens with two attached hydrogens (primary N) is 1. The summed E-state index contributed by atoms with van der Waals surface area (Å²) >= 11 is 6.10. The average Bonchev–Trinajstić information content (AvgIpc) is 2.28. The number of quaternary nitrogens is 1. The van der Waals surface area contributed by atoms with E-state index in [1.807, 2.05) is 4.90 Å². The first kappa shape index (κ1) is 12.1. The molecule has 6 heteroatoms. The molecule has 2 N–H and O–H groups in total. The molecule has 0 aliphatic carbocycles. The Bertz CT molecular complexity index is 439. The first-order valence-electron chi connectivity index (χ1n) is 5.60. The van der Waals surface area contributed by atoms with Gasteiger partial charge in [0.2, 0.25) is 0 Å². The molecule has 92 valence electrons. The van der Waals surface area contributed by atoms with Gasteiger partial charge >= 0.3 is 0 Å². The summed E-state index contributed by atoms with van der Waals surface area (Å²) in [5.74, 6) is 0. The summed E-state index contributed by atoms with van der Waals surface area (Å²) in [5.41, 5.74) is 0.644. The molecule has 0 amide bonds. The van der Waals surface area contributed by atoms with Crippen LogP contribution in [0.25, 0.3) is 0 Å². The maximum absolute atomic E-state index is 11.0. The molecule has 0 unspecified atom stereocenters. The summed E-state index contributed by atoms with van der Waals surface area (Å²) in [7, 11) is 0. The second kappa shape index (κ2) is 4.89. The van der Waals surface area contributed by atoms with Gasteiger partial charge in [-0.05, 0) is 13.0 Å². The van der Waals surface area contributed by atoms with Crippen molar-refractivity contribution in [3.8, 4) is 0 Å². The van der Waals surface area contributed by atoms with E-state index < -0.39 is 0 Å². The Morgan fingerprint density at radius 2 is 2.35 bits per heavy atom. The molecule has 1 heterocycles. The highest BCUT2D eigenvalue weighted by Crippen LogP contribution is 2.35.